The van der Waals surface area contributed by atoms with Crippen molar-refractivity contribution in [3.63, 3.8) is 0 Å². The molecule has 4 nitrogen and oxygen atoms in total. The van der Waals surface area contributed by atoms with Gasteiger partial charge in [-0.1, -0.05) is 12.5 Å². The smallest absolute Gasteiger partial charge is 0.145 e. The molecule has 0 aliphatic heterocycles. The summed E-state index contributed by atoms with van der Waals surface area (Å²) < 4.78 is 0. The largest absolute Gasteiger partial charge is 0.396 e. The van der Waals surface area contributed by atoms with Crippen LogP contribution in [-0.2, 0) is 4.79 Å². The number of hydrogen-bond donors (Lipinski definition) is 3. The standard InChI is InChI=1S/C16H28O4/c1-4-16(11-19)14(6-5-9-17)13(12(2)10-18)7-8-15(16,3)20/h10,14,17,19-20H,4-9,11H2,1-3H3/b13-12-/t14-,15+,16-/m1/s1. The van der Waals surface area contributed by atoms with E-state index in [0.717, 1.165) is 11.9 Å². The van der Waals surface area contributed by atoms with Crippen LogP contribution in [0.2, 0.25) is 0 Å². The predicted molar refractivity (Wildman–Crippen MR) is 78.2 cm³/mol. The fourth-order valence-corrected chi connectivity index (χ4v) is 3.82. The highest BCUT2D eigenvalue weighted by Crippen LogP contribution is 2.54. The van der Waals surface area contributed by atoms with Crippen LogP contribution in [0.1, 0.15) is 52.9 Å². The molecule has 0 radical (unpaired) electrons. The fraction of sp³-hybridized carbons (Fsp3) is 0.812. The molecule has 3 atom stereocenters. The molecular weight excluding hydrogens is 256 g/mol. The number of allylic oxidation sites excluding steroid dienone is 2. The zero-order valence-corrected chi connectivity index (χ0v) is 12.9. The molecule has 1 saturated carbocycles. The van der Waals surface area contributed by atoms with E-state index in [9.17, 15) is 15.0 Å². The van der Waals surface area contributed by atoms with Gasteiger partial charge in [-0.25, -0.2) is 0 Å². The summed E-state index contributed by atoms with van der Waals surface area (Å²) in [6.45, 7) is 5.52. The van der Waals surface area contributed by atoms with Gasteiger partial charge < -0.3 is 15.3 Å². The van der Waals surface area contributed by atoms with Gasteiger partial charge in [-0.05, 0) is 57.4 Å². The Morgan fingerprint density at radius 2 is 2.10 bits per heavy atom. The molecule has 1 aliphatic carbocycles. The first-order valence-corrected chi connectivity index (χ1v) is 7.49. The minimum Gasteiger partial charge on any atom is -0.396 e. The van der Waals surface area contributed by atoms with Crippen molar-refractivity contribution >= 4 is 6.29 Å². The van der Waals surface area contributed by atoms with Crippen LogP contribution in [0.25, 0.3) is 0 Å². The second-order valence-corrected chi connectivity index (χ2v) is 6.19. The molecule has 1 fully saturated rings. The topological polar surface area (TPSA) is 77.8 Å². The summed E-state index contributed by atoms with van der Waals surface area (Å²) in [7, 11) is 0. The van der Waals surface area contributed by atoms with Gasteiger partial charge in [-0.3, -0.25) is 4.79 Å². The average molecular weight is 284 g/mol. The van der Waals surface area contributed by atoms with Crippen LogP contribution >= 0.6 is 0 Å². The van der Waals surface area contributed by atoms with E-state index in [1.54, 1.807) is 13.8 Å². The first kappa shape index (κ1) is 17.3. The van der Waals surface area contributed by atoms with Crippen molar-refractivity contribution in [2.24, 2.45) is 11.3 Å². The highest BCUT2D eigenvalue weighted by atomic mass is 16.3. The SMILES string of the molecule is CC[C@@]1(CO)[C@H](CCCO)/C(=C(/C)C=O)CC[C@]1(C)O. The number of hydrogen-bond acceptors (Lipinski definition) is 4. The van der Waals surface area contributed by atoms with Crippen LogP contribution in [-0.4, -0.2) is 40.4 Å². The zero-order chi connectivity index (χ0) is 15.4. The maximum atomic E-state index is 11.1. The molecule has 0 bridgehead atoms. The van der Waals surface area contributed by atoms with E-state index in [1.807, 2.05) is 6.92 Å². The summed E-state index contributed by atoms with van der Waals surface area (Å²) in [6.07, 6.45) is 4.02. The van der Waals surface area contributed by atoms with Crippen molar-refractivity contribution in [1.82, 2.24) is 0 Å². The van der Waals surface area contributed by atoms with Crippen LogP contribution in [0.3, 0.4) is 0 Å². The van der Waals surface area contributed by atoms with Crippen molar-refractivity contribution in [3.8, 4) is 0 Å². The van der Waals surface area contributed by atoms with Crippen molar-refractivity contribution < 1.29 is 20.1 Å². The molecule has 0 unspecified atom stereocenters. The lowest BCUT2D eigenvalue weighted by Gasteiger charge is -2.54. The predicted octanol–water partition coefficient (Wildman–Crippen LogP) is 1.82. The quantitative estimate of drug-likeness (QED) is 0.513. The van der Waals surface area contributed by atoms with Gasteiger partial charge in [0.1, 0.15) is 6.29 Å². The Morgan fingerprint density at radius 1 is 1.45 bits per heavy atom. The van der Waals surface area contributed by atoms with E-state index in [1.165, 1.54) is 0 Å². The molecule has 3 N–H and O–H groups in total. The van der Waals surface area contributed by atoms with Crippen molar-refractivity contribution in [1.29, 1.82) is 0 Å². The molecule has 0 amide bonds. The maximum Gasteiger partial charge on any atom is 0.145 e. The van der Waals surface area contributed by atoms with E-state index in [2.05, 4.69) is 0 Å². The summed E-state index contributed by atoms with van der Waals surface area (Å²) in [5, 5.41) is 29.9. The molecule has 0 heterocycles. The summed E-state index contributed by atoms with van der Waals surface area (Å²) in [4.78, 5) is 11.1. The second-order valence-electron chi connectivity index (χ2n) is 6.19. The summed E-state index contributed by atoms with van der Waals surface area (Å²) in [6, 6.07) is 0. The zero-order valence-electron chi connectivity index (χ0n) is 12.9. The van der Waals surface area contributed by atoms with Gasteiger partial charge in [-0.15, -0.1) is 0 Å². The number of aldehydes is 1. The van der Waals surface area contributed by atoms with E-state index in [4.69, 9.17) is 5.11 Å². The Hall–Kier alpha value is -0.710. The molecule has 1 aliphatic rings. The maximum absolute atomic E-state index is 11.1. The monoisotopic (exact) mass is 284 g/mol. The van der Waals surface area contributed by atoms with Crippen LogP contribution in [0.4, 0.5) is 0 Å². The van der Waals surface area contributed by atoms with Gasteiger partial charge in [0.05, 0.1) is 12.2 Å². The number of carbonyl (C=O) groups excluding carboxylic acids is 1. The Balaban J connectivity index is 3.32. The number of carbonyl (C=O) groups is 1. The first-order valence-electron chi connectivity index (χ1n) is 7.49. The van der Waals surface area contributed by atoms with Gasteiger partial charge >= 0.3 is 0 Å². The fourth-order valence-electron chi connectivity index (χ4n) is 3.82. The van der Waals surface area contributed by atoms with E-state index in [0.29, 0.717) is 37.7 Å². The van der Waals surface area contributed by atoms with Crippen LogP contribution < -0.4 is 0 Å². The van der Waals surface area contributed by atoms with E-state index in [-0.39, 0.29) is 19.1 Å². The normalized spacial score (nSPS) is 36.8. The van der Waals surface area contributed by atoms with Gasteiger partial charge in [0.25, 0.3) is 0 Å². The summed E-state index contributed by atoms with van der Waals surface area (Å²) >= 11 is 0. The Labute approximate surface area is 121 Å². The summed E-state index contributed by atoms with van der Waals surface area (Å²) in [5.41, 5.74) is 0.147. The number of aliphatic hydroxyl groups excluding tert-OH is 2. The third kappa shape index (κ3) is 2.83. The van der Waals surface area contributed by atoms with Crippen LogP contribution in [0.5, 0.6) is 0 Å². The molecule has 0 spiro atoms. The highest BCUT2D eigenvalue weighted by Gasteiger charge is 2.54. The molecule has 0 aromatic rings. The lowest BCUT2D eigenvalue weighted by molar-refractivity contribution is -0.144. The van der Waals surface area contributed by atoms with Crippen LogP contribution in [0.15, 0.2) is 11.1 Å². The van der Waals surface area contributed by atoms with Gasteiger partial charge in [-0.2, -0.15) is 0 Å². The Morgan fingerprint density at radius 3 is 2.55 bits per heavy atom. The molecule has 0 aromatic heterocycles. The molecule has 0 aromatic carbocycles. The van der Waals surface area contributed by atoms with E-state index < -0.39 is 11.0 Å². The highest BCUT2D eigenvalue weighted by molar-refractivity contribution is 5.74. The number of aliphatic hydroxyl groups is 3. The summed E-state index contributed by atoms with van der Waals surface area (Å²) in [5.74, 6) is -0.0569. The minimum absolute atomic E-state index is 0.0569. The lowest BCUT2D eigenvalue weighted by Crippen LogP contribution is -2.56. The van der Waals surface area contributed by atoms with Gasteiger partial charge in [0.2, 0.25) is 0 Å². The van der Waals surface area contributed by atoms with Crippen molar-refractivity contribution in [3.05, 3.63) is 11.1 Å². The molecule has 4 heteroatoms. The Kier molecular flexibility index (Phi) is 5.92. The third-order valence-corrected chi connectivity index (χ3v) is 5.29. The molecule has 1 rings (SSSR count). The third-order valence-electron chi connectivity index (χ3n) is 5.29. The Bertz CT molecular complexity index is 367. The van der Waals surface area contributed by atoms with E-state index >= 15 is 0 Å². The average Bonchev–Trinajstić information content (AvgIpc) is 2.44. The van der Waals surface area contributed by atoms with Crippen molar-refractivity contribution in [2.75, 3.05) is 13.2 Å². The second kappa shape index (κ2) is 6.83. The lowest BCUT2D eigenvalue weighted by atomic mass is 9.54. The van der Waals surface area contributed by atoms with Crippen LogP contribution in [0, 0.1) is 11.3 Å². The first-order chi connectivity index (χ1) is 9.40. The molecule has 0 saturated heterocycles. The minimum atomic E-state index is -0.955. The molecule has 116 valence electrons. The van der Waals surface area contributed by atoms with Crippen molar-refractivity contribution in [2.45, 2.75) is 58.5 Å². The number of rotatable bonds is 6. The van der Waals surface area contributed by atoms with Gasteiger partial charge in [0, 0.05) is 12.0 Å². The molecule has 20 heavy (non-hydrogen) atoms. The van der Waals surface area contributed by atoms with Gasteiger partial charge in [0.15, 0.2) is 0 Å². The molecular formula is C16H28O4.